The number of carboxylic acid groups (broad SMARTS) is 1. The first-order chi connectivity index (χ1) is 13.1. The molecule has 1 aliphatic rings. The maximum Gasteiger partial charge on any atom is 0.416 e. The summed E-state index contributed by atoms with van der Waals surface area (Å²) in [5.74, 6) is 0.300. The van der Waals surface area contributed by atoms with Crippen LogP contribution in [0.25, 0.3) is 0 Å². The van der Waals surface area contributed by atoms with E-state index in [4.69, 9.17) is 11.6 Å². The van der Waals surface area contributed by atoms with Gasteiger partial charge in [-0.2, -0.15) is 13.2 Å². The third-order valence-electron chi connectivity index (χ3n) is 4.38. The van der Waals surface area contributed by atoms with Crippen LogP contribution in [0.1, 0.15) is 17.5 Å². The number of hydrogen-bond acceptors (Lipinski definition) is 4. The molecule has 1 amide bonds. The molecule has 0 aliphatic carbocycles. The second-order valence-corrected chi connectivity index (χ2v) is 7.70. The Bertz CT molecular complexity index is 866. The summed E-state index contributed by atoms with van der Waals surface area (Å²) in [6.07, 6.45) is -2.00. The minimum atomic E-state index is -4.52. The molecule has 0 unspecified atom stereocenters. The SMILES string of the molecule is O=C(O)N1CC[C@H](N(Cc2cc(Cl)cc(C(F)(F)F)c2)c2ncc(Br)cn2)C1. The molecular weight excluding hydrogens is 465 g/mol. The largest absolute Gasteiger partial charge is 0.465 e. The summed E-state index contributed by atoms with van der Waals surface area (Å²) in [6, 6.07) is 3.08. The van der Waals surface area contributed by atoms with Gasteiger partial charge in [0.2, 0.25) is 5.95 Å². The summed E-state index contributed by atoms with van der Waals surface area (Å²) < 4.78 is 40.0. The maximum atomic E-state index is 13.1. The normalized spacial score (nSPS) is 17.0. The van der Waals surface area contributed by atoms with Crippen molar-refractivity contribution >= 4 is 39.6 Å². The van der Waals surface area contributed by atoms with Crippen LogP contribution in [0.4, 0.5) is 23.9 Å². The van der Waals surface area contributed by atoms with Crippen LogP contribution in [0.5, 0.6) is 0 Å². The van der Waals surface area contributed by atoms with Crippen LogP contribution in [-0.4, -0.2) is 45.2 Å². The first-order valence-corrected chi connectivity index (χ1v) is 9.39. The minimum Gasteiger partial charge on any atom is -0.465 e. The Morgan fingerprint density at radius 1 is 1.32 bits per heavy atom. The lowest BCUT2D eigenvalue weighted by Gasteiger charge is -2.29. The molecule has 0 bridgehead atoms. The third-order valence-corrected chi connectivity index (χ3v) is 5.00. The van der Waals surface area contributed by atoms with Gasteiger partial charge in [-0.3, -0.25) is 0 Å². The molecule has 3 rings (SSSR count). The zero-order valence-electron chi connectivity index (χ0n) is 14.3. The van der Waals surface area contributed by atoms with Crippen molar-refractivity contribution in [1.29, 1.82) is 0 Å². The molecule has 0 spiro atoms. The van der Waals surface area contributed by atoms with Gasteiger partial charge >= 0.3 is 12.3 Å². The molecule has 1 fully saturated rings. The number of rotatable bonds is 4. The number of likely N-dealkylation sites (tertiary alicyclic amines) is 1. The van der Waals surface area contributed by atoms with E-state index in [1.807, 2.05) is 0 Å². The molecule has 2 aromatic rings. The van der Waals surface area contributed by atoms with Crippen molar-refractivity contribution in [3.8, 4) is 0 Å². The molecule has 1 aliphatic heterocycles. The zero-order valence-corrected chi connectivity index (χ0v) is 16.7. The second kappa shape index (κ2) is 8.12. The zero-order chi connectivity index (χ0) is 20.5. The van der Waals surface area contributed by atoms with Gasteiger partial charge in [-0.25, -0.2) is 14.8 Å². The van der Waals surface area contributed by atoms with Crippen molar-refractivity contribution in [2.75, 3.05) is 18.0 Å². The average Bonchev–Trinajstić information content (AvgIpc) is 3.09. The third kappa shape index (κ3) is 4.85. The number of nitrogens with zero attached hydrogens (tertiary/aromatic N) is 4. The fourth-order valence-corrected chi connectivity index (χ4v) is 3.55. The topological polar surface area (TPSA) is 69.6 Å². The number of benzene rings is 1. The van der Waals surface area contributed by atoms with E-state index in [-0.39, 0.29) is 24.2 Å². The molecular formula is C17H15BrClF3N4O2. The van der Waals surface area contributed by atoms with Crippen LogP contribution in [0, 0.1) is 0 Å². The Labute approximate surface area is 172 Å². The number of halogens is 5. The van der Waals surface area contributed by atoms with Gasteiger partial charge in [0.05, 0.1) is 16.1 Å². The van der Waals surface area contributed by atoms with Crippen LogP contribution in [-0.2, 0) is 12.7 Å². The summed E-state index contributed by atoms with van der Waals surface area (Å²) >= 11 is 9.13. The Balaban J connectivity index is 1.93. The highest BCUT2D eigenvalue weighted by molar-refractivity contribution is 9.10. The summed E-state index contributed by atoms with van der Waals surface area (Å²) in [7, 11) is 0. The highest BCUT2D eigenvalue weighted by Gasteiger charge is 2.34. The fourth-order valence-electron chi connectivity index (χ4n) is 3.09. The van der Waals surface area contributed by atoms with E-state index in [0.717, 1.165) is 12.1 Å². The maximum absolute atomic E-state index is 13.1. The van der Waals surface area contributed by atoms with Gasteiger partial charge in [-0.1, -0.05) is 11.6 Å². The molecule has 0 radical (unpaired) electrons. The molecule has 1 saturated heterocycles. The first-order valence-electron chi connectivity index (χ1n) is 8.22. The molecule has 6 nitrogen and oxygen atoms in total. The average molecular weight is 480 g/mol. The van der Waals surface area contributed by atoms with Gasteiger partial charge < -0.3 is 14.9 Å². The lowest BCUT2D eigenvalue weighted by molar-refractivity contribution is -0.137. The Hall–Kier alpha value is -2.07. The highest BCUT2D eigenvalue weighted by Crippen LogP contribution is 2.33. The van der Waals surface area contributed by atoms with Gasteiger partial charge in [0, 0.05) is 37.1 Å². The summed E-state index contributed by atoms with van der Waals surface area (Å²) in [5, 5.41) is 9.17. The van der Waals surface area contributed by atoms with E-state index in [9.17, 15) is 23.1 Å². The molecule has 1 aromatic heterocycles. The van der Waals surface area contributed by atoms with E-state index in [0.29, 0.717) is 29.0 Å². The van der Waals surface area contributed by atoms with Gasteiger partial charge in [-0.15, -0.1) is 0 Å². The predicted octanol–water partition coefficient (Wildman–Crippen LogP) is 4.67. The van der Waals surface area contributed by atoms with Crippen LogP contribution in [0.15, 0.2) is 35.1 Å². The smallest absolute Gasteiger partial charge is 0.416 e. The summed E-state index contributed by atoms with van der Waals surface area (Å²) in [4.78, 5) is 22.7. The highest BCUT2D eigenvalue weighted by atomic mass is 79.9. The van der Waals surface area contributed by atoms with Crippen molar-refractivity contribution < 1.29 is 23.1 Å². The van der Waals surface area contributed by atoms with Crippen molar-refractivity contribution in [3.63, 3.8) is 0 Å². The van der Waals surface area contributed by atoms with Gasteiger partial charge in [0.1, 0.15) is 0 Å². The molecule has 28 heavy (non-hydrogen) atoms. The van der Waals surface area contributed by atoms with E-state index in [1.54, 1.807) is 4.90 Å². The Kier molecular flexibility index (Phi) is 5.99. The number of aromatic nitrogens is 2. The summed E-state index contributed by atoms with van der Waals surface area (Å²) in [5.41, 5.74) is -0.509. The van der Waals surface area contributed by atoms with Crippen molar-refractivity contribution in [2.24, 2.45) is 0 Å². The fraction of sp³-hybridized carbons (Fsp3) is 0.353. The monoisotopic (exact) mass is 478 g/mol. The van der Waals surface area contributed by atoms with E-state index in [1.165, 1.54) is 23.4 Å². The van der Waals surface area contributed by atoms with Gasteiger partial charge in [0.25, 0.3) is 0 Å². The number of hydrogen-bond donors (Lipinski definition) is 1. The number of anilines is 1. The molecule has 2 heterocycles. The van der Waals surface area contributed by atoms with E-state index < -0.39 is 17.8 Å². The van der Waals surface area contributed by atoms with Gasteiger partial charge in [-0.05, 0) is 46.1 Å². The van der Waals surface area contributed by atoms with Crippen molar-refractivity contribution in [3.05, 3.63) is 51.2 Å². The number of amides is 1. The van der Waals surface area contributed by atoms with Crippen LogP contribution in [0.2, 0.25) is 5.02 Å². The molecule has 11 heteroatoms. The molecule has 0 saturated carbocycles. The predicted molar refractivity (Wildman–Crippen MR) is 100 cm³/mol. The lowest BCUT2D eigenvalue weighted by atomic mass is 10.1. The minimum absolute atomic E-state index is 0.0277. The van der Waals surface area contributed by atoms with Crippen LogP contribution in [0.3, 0.4) is 0 Å². The van der Waals surface area contributed by atoms with Crippen molar-refractivity contribution in [2.45, 2.75) is 25.2 Å². The standard InChI is InChI=1S/C17H15BrClF3N4O2/c18-12-6-23-15(24-7-12)26(14-1-2-25(9-14)16(27)28)8-10-3-11(17(20,21)22)5-13(19)4-10/h3-7,14H,1-2,8-9H2,(H,27,28)/t14-/m0/s1. The summed E-state index contributed by atoms with van der Waals surface area (Å²) in [6.45, 7) is 0.598. The quantitative estimate of drug-likeness (QED) is 0.690. The molecule has 1 aromatic carbocycles. The second-order valence-electron chi connectivity index (χ2n) is 6.35. The Morgan fingerprint density at radius 3 is 2.57 bits per heavy atom. The molecule has 1 atom stereocenters. The first kappa shape index (κ1) is 20.7. The van der Waals surface area contributed by atoms with Crippen LogP contribution < -0.4 is 4.90 Å². The van der Waals surface area contributed by atoms with E-state index >= 15 is 0 Å². The van der Waals surface area contributed by atoms with Crippen LogP contribution >= 0.6 is 27.5 Å². The van der Waals surface area contributed by atoms with Crippen molar-refractivity contribution in [1.82, 2.24) is 14.9 Å². The molecule has 150 valence electrons. The lowest BCUT2D eigenvalue weighted by Crippen LogP contribution is -2.39. The number of carbonyl (C=O) groups is 1. The Morgan fingerprint density at radius 2 is 2.00 bits per heavy atom. The number of alkyl halides is 3. The molecule has 1 N–H and O–H groups in total. The van der Waals surface area contributed by atoms with E-state index in [2.05, 4.69) is 25.9 Å². The van der Waals surface area contributed by atoms with Gasteiger partial charge in [0.15, 0.2) is 0 Å².